The Hall–Kier alpha value is -1.47. The number of amides is 1. The number of carbonyl (C=O) groups excluding carboxylic acids is 2. The number of thiophene rings is 1. The lowest BCUT2D eigenvalue weighted by molar-refractivity contribution is -0.116. The molecule has 1 amide bonds. The van der Waals surface area contributed by atoms with Gasteiger partial charge in [0.15, 0.2) is 5.13 Å². The van der Waals surface area contributed by atoms with E-state index in [1.54, 1.807) is 6.92 Å². The Morgan fingerprint density at radius 3 is 2.65 bits per heavy atom. The lowest BCUT2D eigenvalue weighted by atomic mass is 10.3. The summed E-state index contributed by atoms with van der Waals surface area (Å²) < 4.78 is 5.95. The monoisotopic (exact) mass is 312 g/mol. The van der Waals surface area contributed by atoms with Crippen LogP contribution in [0.15, 0.2) is 0 Å². The summed E-state index contributed by atoms with van der Waals surface area (Å²) in [5.74, 6) is -0.339. The van der Waals surface area contributed by atoms with Gasteiger partial charge in [0.2, 0.25) is 5.91 Å². The van der Waals surface area contributed by atoms with E-state index in [4.69, 9.17) is 4.74 Å². The Morgan fingerprint density at radius 1 is 1.30 bits per heavy atom. The maximum atomic E-state index is 11.8. The summed E-state index contributed by atoms with van der Waals surface area (Å²) in [4.78, 5) is 29.0. The molecule has 0 fully saturated rings. The van der Waals surface area contributed by atoms with E-state index in [0.717, 1.165) is 21.5 Å². The fraction of sp³-hybridized carbons (Fsp3) is 0.462. The molecule has 108 valence electrons. The third-order valence-corrected chi connectivity index (χ3v) is 5.05. The Bertz CT molecular complexity index is 645. The number of anilines is 1. The largest absolute Gasteiger partial charge is 0.462 e. The number of nitrogens with one attached hydrogen (secondary N) is 1. The van der Waals surface area contributed by atoms with E-state index in [2.05, 4.69) is 10.3 Å². The number of rotatable bonds is 5. The second-order valence-electron chi connectivity index (χ2n) is 4.23. The van der Waals surface area contributed by atoms with E-state index in [1.165, 1.54) is 22.7 Å². The second-order valence-corrected chi connectivity index (χ2v) is 6.23. The maximum Gasteiger partial charge on any atom is 0.348 e. The first-order chi connectivity index (χ1) is 9.56. The third-order valence-electron chi connectivity index (χ3n) is 2.66. The van der Waals surface area contributed by atoms with Crippen molar-refractivity contribution in [1.29, 1.82) is 0 Å². The summed E-state index contributed by atoms with van der Waals surface area (Å²) in [6, 6.07) is 0. The predicted octanol–water partition coefficient (Wildman–Crippen LogP) is 3.58. The van der Waals surface area contributed by atoms with Crippen molar-refractivity contribution in [3.8, 4) is 0 Å². The first kappa shape index (κ1) is 14.9. The standard InChI is InChI=1S/C13H16N2O3S2/c1-4-6-8(16)14-13-15-11-9(20-13)7(3)10(19-11)12(17)18-5-2/h4-6H2,1-3H3,(H,14,15,16). The van der Waals surface area contributed by atoms with Gasteiger partial charge in [-0.05, 0) is 25.8 Å². The molecule has 2 heterocycles. The Kier molecular flexibility index (Phi) is 4.72. The molecule has 2 aromatic heterocycles. The van der Waals surface area contributed by atoms with Crippen LogP contribution in [0.1, 0.15) is 41.9 Å². The quantitative estimate of drug-likeness (QED) is 0.857. The number of ether oxygens (including phenoxy) is 1. The summed E-state index contributed by atoms with van der Waals surface area (Å²) in [6.45, 7) is 5.97. The molecular weight excluding hydrogens is 296 g/mol. The molecule has 0 unspecified atom stereocenters. The molecule has 0 aromatic carbocycles. The van der Waals surface area contributed by atoms with E-state index >= 15 is 0 Å². The molecule has 0 radical (unpaired) electrons. The first-order valence-electron chi connectivity index (χ1n) is 6.43. The number of fused-ring (bicyclic) bond motifs is 1. The normalized spacial score (nSPS) is 10.8. The number of nitrogens with zero attached hydrogens (tertiary/aromatic N) is 1. The number of carbonyl (C=O) groups is 2. The average molecular weight is 312 g/mol. The zero-order chi connectivity index (χ0) is 14.7. The topological polar surface area (TPSA) is 68.3 Å². The van der Waals surface area contributed by atoms with Crippen LogP contribution in [-0.2, 0) is 9.53 Å². The second kappa shape index (κ2) is 6.32. The number of esters is 1. The van der Waals surface area contributed by atoms with Gasteiger partial charge in [-0.3, -0.25) is 4.79 Å². The molecule has 7 heteroatoms. The molecule has 0 saturated carbocycles. The van der Waals surface area contributed by atoms with Crippen LogP contribution in [0, 0.1) is 6.92 Å². The predicted molar refractivity (Wildman–Crippen MR) is 81.7 cm³/mol. The van der Waals surface area contributed by atoms with Crippen molar-refractivity contribution in [2.24, 2.45) is 0 Å². The molecule has 5 nitrogen and oxygen atoms in total. The van der Waals surface area contributed by atoms with Gasteiger partial charge in [0.25, 0.3) is 0 Å². The molecule has 0 aliphatic heterocycles. The minimum Gasteiger partial charge on any atom is -0.462 e. The summed E-state index contributed by atoms with van der Waals surface area (Å²) in [6.07, 6.45) is 1.29. The van der Waals surface area contributed by atoms with Crippen LogP contribution in [-0.4, -0.2) is 23.5 Å². The van der Waals surface area contributed by atoms with Crippen molar-refractivity contribution in [2.45, 2.75) is 33.6 Å². The van der Waals surface area contributed by atoms with Gasteiger partial charge in [-0.15, -0.1) is 11.3 Å². The Labute approximate surface area is 125 Å². The molecule has 0 atom stereocenters. The molecule has 20 heavy (non-hydrogen) atoms. The number of hydrogen-bond donors (Lipinski definition) is 1. The summed E-state index contributed by atoms with van der Waals surface area (Å²) in [7, 11) is 0. The smallest absolute Gasteiger partial charge is 0.348 e. The fourth-order valence-corrected chi connectivity index (χ4v) is 3.97. The van der Waals surface area contributed by atoms with Gasteiger partial charge in [0.05, 0.1) is 11.3 Å². The molecule has 0 aliphatic rings. The van der Waals surface area contributed by atoms with Gasteiger partial charge >= 0.3 is 5.97 Å². The summed E-state index contributed by atoms with van der Waals surface area (Å²) in [5, 5.41) is 3.36. The molecule has 0 spiro atoms. The Balaban J connectivity index is 2.24. The molecule has 2 aromatic rings. The van der Waals surface area contributed by atoms with Crippen LogP contribution >= 0.6 is 22.7 Å². The third kappa shape index (κ3) is 2.99. The van der Waals surface area contributed by atoms with Crippen molar-refractivity contribution < 1.29 is 14.3 Å². The summed E-state index contributed by atoms with van der Waals surface area (Å²) >= 11 is 2.70. The minimum atomic E-state index is -0.309. The minimum absolute atomic E-state index is 0.0304. The number of thiazole rings is 1. The maximum absolute atomic E-state index is 11.8. The highest BCUT2D eigenvalue weighted by molar-refractivity contribution is 7.30. The molecule has 0 saturated heterocycles. The van der Waals surface area contributed by atoms with Gasteiger partial charge in [-0.2, -0.15) is 0 Å². The van der Waals surface area contributed by atoms with Gasteiger partial charge in [0, 0.05) is 6.42 Å². The van der Waals surface area contributed by atoms with E-state index in [-0.39, 0.29) is 11.9 Å². The highest BCUT2D eigenvalue weighted by Gasteiger charge is 2.20. The van der Waals surface area contributed by atoms with Crippen molar-refractivity contribution in [3.05, 3.63) is 10.4 Å². The van der Waals surface area contributed by atoms with Crippen molar-refractivity contribution in [1.82, 2.24) is 4.98 Å². The number of aryl methyl sites for hydroxylation is 1. The highest BCUT2D eigenvalue weighted by atomic mass is 32.1. The molecular formula is C13H16N2O3S2. The molecule has 2 rings (SSSR count). The summed E-state index contributed by atoms with van der Waals surface area (Å²) in [5.41, 5.74) is 0.872. The van der Waals surface area contributed by atoms with Gasteiger partial charge < -0.3 is 10.1 Å². The van der Waals surface area contributed by atoms with E-state index in [0.29, 0.717) is 23.0 Å². The zero-order valence-corrected chi connectivity index (χ0v) is 13.2. The van der Waals surface area contributed by atoms with Crippen LogP contribution in [0.2, 0.25) is 0 Å². The van der Waals surface area contributed by atoms with E-state index in [9.17, 15) is 9.59 Å². The van der Waals surface area contributed by atoms with Gasteiger partial charge in [-0.1, -0.05) is 18.3 Å². The molecule has 0 aliphatic carbocycles. The zero-order valence-electron chi connectivity index (χ0n) is 11.6. The first-order valence-corrected chi connectivity index (χ1v) is 8.07. The van der Waals surface area contributed by atoms with Crippen molar-refractivity contribution in [3.63, 3.8) is 0 Å². The van der Waals surface area contributed by atoms with Crippen LogP contribution in [0.3, 0.4) is 0 Å². The number of aromatic nitrogens is 1. The highest BCUT2D eigenvalue weighted by Crippen LogP contribution is 2.37. The van der Waals surface area contributed by atoms with Gasteiger partial charge in [0.1, 0.15) is 9.71 Å². The lowest BCUT2D eigenvalue weighted by Crippen LogP contribution is -2.10. The van der Waals surface area contributed by atoms with Crippen molar-refractivity contribution >= 4 is 49.2 Å². The van der Waals surface area contributed by atoms with Gasteiger partial charge in [-0.25, -0.2) is 9.78 Å². The lowest BCUT2D eigenvalue weighted by Gasteiger charge is -2.00. The molecule has 1 N–H and O–H groups in total. The van der Waals surface area contributed by atoms with Crippen LogP contribution < -0.4 is 5.32 Å². The molecule has 0 bridgehead atoms. The number of hydrogen-bond acceptors (Lipinski definition) is 6. The average Bonchev–Trinajstić information content (AvgIpc) is 2.90. The fourth-order valence-electron chi connectivity index (χ4n) is 1.74. The Morgan fingerprint density at radius 2 is 2.05 bits per heavy atom. The SMILES string of the molecule is CCCC(=O)Nc1nc2sc(C(=O)OCC)c(C)c2s1. The van der Waals surface area contributed by atoms with E-state index in [1.807, 2.05) is 13.8 Å². The van der Waals surface area contributed by atoms with Crippen molar-refractivity contribution in [2.75, 3.05) is 11.9 Å². The van der Waals surface area contributed by atoms with Crippen LogP contribution in [0.25, 0.3) is 9.53 Å². The van der Waals surface area contributed by atoms with E-state index < -0.39 is 0 Å². The van der Waals surface area contributed by atoms with Crippen LogP contribution in [0.4, 0.5) is 5.13 Å². The van der Waals surface area contributed by atoms with Crippen LogP contribution in [0.5, 0.6) is 0 Å².